The fourth-order valence-electron chi connectivity index (χ4n) is 2.38. The number of hydrogen-bond donors (Lipinski definition) is 0. The highest BCUT2D eigenvalue weighted by Gasteiger charge is 2.23. The van der Waals surface area contributed by atoms with Gasteiger partial charge >= 0.3 is 5.97 Å². The molecule has 3 nitrogen and oxygen atoms in total. The third kappa shape index (κ3) is 8.12. The van der Waals surface area contributed by atoms with Gasteiger partial charge in [-0.2, -0.15) is 0 Å². The van der Waals surface area contributed by atoms with Crippen molar-refractivity contribution < 1.29 is 18.7 Å². The van der Waals surface area contributed by atoms with Gasteiger partial charge in [-0.1, -0.05) is 68.7 Å². The molecule has 4 heteroatoms. The molecule has 1 saturated carbocycles. The Morgan fingerprint density at radius 2 is 1.68 bits per heavy atom. The van der Waals surface area contributed by atoms with Crippen LogP contribution in [-0.2, 0) is 22.6 Å². The highest BCUT2D eigenvalue weighted by Crippen LogP contribution is 2.24. The molecule has 0 aliphatic heterocycles. The molecule has 1 aliphatic carbocycles. The zero-order valence-electron chi connectivity index (χ0n) is 17.3. The van der Waals surface area contributed by atoms with E-state index in [0.717, 1.165) is 5.56 Å². The summed E-state index contributed by atoms with van der Waals surface area (Å²) in [6.07, 6.45) is 4.77. The maximum absolute atomic E-state index is 14.7. The molecule has 152 valence electrons. The second-order valence-electron chi connectivity index (χ2n) is 8.20. The van der Waals surface area contributed by atoms with Gasteiger partial charge in [0.1, 0.15) is 12.2 Å². The number of carbonyl (C=O) groups is 1. The summed E-state index contributed by atoms with van der Waals surface area (Å²) in [7, 11) is 0. The molecule has 28 heavy (non-hydrogen) atoms. The molecule has 1 unspecified atom stereocenters. The Balaban J connectivity index is 0.000000849. The van der Waals surface area contributed by atoms with Crippen molar-refractivity contribution in [3.05, 3.63) is 65.5 Å². The molecule has 0 amide bonds. The van der Waals surface area contributed by atoms with Crippen LogP contribution in [-0.4, -0.2) is 11.6 Å². The Labute approximate surface area is 167 Å². The van der Waals surface area contributed by atoms with E-state index < -0.39 is 17.3 Å². The quantitative estimate of drug-likeness (QED) is 0.563. The van der Waals surface area contributed by atoms with Crippen molar-refractivity contribution in [1.82, 2.24) is 0 Å². The minimum atomic E-state index is -0.551. The largest absolute Gasteiger partial charge is 0.486 e. The molecule has 0 heterocycles. The van der Waals surface area contributed by atoms with Gasteiger partial charge in [0.05, 0.1) is 5.92 Å². The number of ether oxygens (including phenoxy) is 2. The first-order valence-corrected chi connectivity index (χ1v) is 9.93. The van der Waals surface area contributed by atoms with Gasteiger partial charge in [0.2, 0.25) is 0 Å². The van der Waals surface area contributed by atoms with Crippen molar-refractivity contribution in [3.63, 3.8) is 0 Å². The van der Waals surface area contributed by atoms with Crippen molar-refractivity contribution in [2.75, 3.05) is 0 Å². The first-order chi connectivity index (χ1) is 13.3. The van der Waals surface area contributed by atoms with Crippen molar-refractivity contribution >= 4 is 5.97 Å². The summed E-state index contributed by atoms with van der Waals surface area (Å²) < 4.78 is 25.6. The molecule has 0 bridgehead atoms. The molecule has 2 aromatic rings. The van der Waals surface area contributed by atoms with Crippen LogP contribution in [0.4, 0.5) is 4.39 Å². The van der Waals surface area contributed by atoms with Crippen LogP contribution >= 0.6 is 0 Å². The van der Waals surface area contributed by atoms with Gasteiger partial charge in [0.25, 0.3) is 0 Å². The molecule has 1 aliphatic rings. The molecule has 0 saturated heterocycles. The number of hydrogen-bond acceptors (Lipinski definition) is 3. The van der Waals surface area contributed by atoms with E-state index in [1.165, 1.54) is 19.3 Å². The summed E-state index contributed by atoms with van der Waals surface area (Å²) in [5.74, 6) is -0.993. The van der Waals surface area contributed by atoms with Crippen LogP contribution in [0.2, 0.25) is 0 Å². The third-order valence-corrected chi connectivity index (χ3v) is 3.97. The lowest BCUT2D eigenvalue weighted by Gasteiger charge is -2.22. The second kappa shape index (κ2) is 10.3. The Bertz CT molecular complexity index is 745. The second-order valence-corrected chi connectivity index (χ2v) is 8.20. The van der Waals surface area contributed by atoms with Gasteiger partial charge in [-0.15, -0.1) is 0 Å². The zero-order chi connectivity index (χ0) is 20.6. The third-order valence-electron chi connectivity index (χ3n) is 3.97. The summed E-state index contributed by atoms with van der Waals surface area (Å²) in [4.78, 5) is 12.1. The summed E-state index contributed by atoms with van der Waals surface area (Å²) in [6.45, 7) is 7.48. The predicted molar refractivity (Wildman–Crippen MR) is 110 cm³/mol. The lowest BCUT2D eigenvalue weighted by Crippen LogP contribution is -2.28. The number of rotatable bonds is 6. The molecular formula is C24H31FO3. The van der Waals surface area contributed by atoms with E-state index in [1.807, 2.05) is 51.1 Å². The maximum Gasteiger partial charge on any atom is 0.309 e. The van der Waals surface area contributed by atoms with Crippen LogP contribution in [0.15, 0.2) is 48.5 Å². The normalized spacial score (nSPS) is 13.8. The maximum atomic E-state index is 14.7. The minimum Gasteiger partial charge on any atom is -0.486 e. The van der Waals surface area contributed by atoms with E-state index in [1.54, 1.807) is 25.1 Å². The lowest BCUT2D eigenvalue weighted by atomic mass is 10.00. The van der Waals surface area contributed by atoms with Crippen LogP contribution in [0.3, 0.4) is 0 Å². The predicted octanol–water partition coefficient (Wildman–Crippen LogP) is 6.10. The Hall–Kier alpha value is -2.36. The van der Waals surface area contributed by atoms with Crippen LogP contribution in [0.25, 0.3) is 0 Å². The number of esters is 1. The molecular weight excluding hydrogens is 355 g/mol. The number of benzene rings is 2. The molecule has 0 spiro atoms. The summed E-state index contributed by atoms with van der Waals surface area (Å²) >= 11 is 0. The SMILES string of the molecule is C1CC1.CC(Cc1cccc(OCc2ccccc2)c1F)C(=O)OC(C)(C)C. The van der Waals surface area contributed by atoms with Crippen LogP contribution in [0.1, 0.15) is 58.1 Å². The Kier molecular flexibility index (Phi) is 8.04. The van der Waals surface area contributed by atoms with E-state index >= 15 is 0 Å². The van der Waals surface area contributed by atoms with Crippen molar-refractivity contribution in [2.24, 2.45) is 5.92 Å². The highest BCUT2D eigenvalue weighted by molar-refractivity contribution is 5.72. The van der Waals surface area contributed by atoms with Crippen molar-refractivity contribution in [3.8, 4) is 5.75 Å². The standard InChI is InChI=1S/C21H25FO3.C3H6/c1-15(20(23)25-21(2,3)4)13-17-11-8-12-18(19(17)22)24-14-16-9-6-5-7-10-16;1-2-3-1/h5-12,15H,13-14H2,1-4H3;1-3H2. The minimum absolute atomic E-state index is 0.192. The van der Waals surface area contributed by atoms with Crippen LogP contribution in [0, 0.1) is 11.7 Å². The van der Waals surface area contributed by atoms with Gasteiger partial charge in [-0.05, 0) is 44.4 Å². The summed E-state index contributed by atoms with van der Waals surface area (Å²) in [5, 5.41) is 0. The van der Waals surface area contributed by atoms with Gasteiger partial charge in [0, 0.05) is 0 Å². The first kappa shape index (κ1) is 21.9. The summed E-state index contributed by atoms with van der Waals surface area (Å²) in [6, 6.07) is 14.6. The Morgan fingerprint density at radius 3 is 2.25 bits per heavy atom. The van der Waals surface area contributed by atoms with Crippen LogP contribution in [0.5, 0.6) is 5.75 Å². The Morgan fingerprint density at radius 1 is 1.04 bits per heavy atom. The fraction of sp³-hybridized carbons (Fsp3) is 0.458. The molecule has 3 rings (SSSR count). The fourth-order valence-corrected chi connectivity index (χ4v) is 2.38. The number of carbonyl (C=O) groups excluding carboxylic acids is 1. The number of halogens is 1. The molecule has 2 aromatic carbocycles. The zero-order valence-corrected chi connectivity index (χ0v) is 17.3. The average molecular weight is 387 g/mol. The van der Waals surface area contributed by atoms with Crippen molar-refractivity contribution in [1.29, 1.82) is 0 Å². The topological polar surface area (TPSA) is 35.5 Å². The van der Waals surface area contributed by atoms with Gasteiger partial charge in [0.15, 0.2) is 11.6 Å². The van der Waals surface area contributed by atoms with Gasteiger partial charge in [-0.25, -0.2) is 4.39 Å². The van der Waals surface area contributed by atoms with E-state index in [2.05, 4.69) is 0 Å². The monoisotopic (exact) mass is 386 g/mol. The molecule has 0 aromatic heterocycles. The van der Waals surface area contributed by atoms with E-state index in [0.29, 0.717) is 12.2 Å². The molecule has 0 N–H and O–H groups in total. The molecule has 1 atom stereocenters. The molecule has 1 fully saturated rings. The van der Waals surface area contributed by atoms with E-state index in [9.17, 15) is 9.18 Å². The molecule has 0 radical (unpaired) electrons. The summed E-state index contributed by atoms with van der Waals surface area (Å²) in [5.41, 5.74) is 0.864. The lowest BCUT2D eigenvalue weighted by molar-refractivity contribution is -0.159. The average Bonchev–Trinajstić information content (AvgIpc) is 3.51. The smallest absolute Gasteiger partial charge is 0.309 e. The van der Waals surface area contributed by atoms with Crippen LogP contribution < -0.4 is 4.74 Å². The first-order valence-electron chi connectivity index (χ1n) is 9.93. The van der Waals surface area contributed by atoms with Crippen molar-refractivity contribution in [2.45, 2.75) is 65.6 Å². The van der Waals surface area contributed by atoms with Gasteiger partial charge < -0.3 is 9.47 Å². The van der Waals surface area contributed by atoms with Gasteiger partial charge in [-0.3, -0.25) is 4.79 Å². The van der Waals surface area contributed by atoms with E-state index in [-0.39, 0.29) is 18.1 Å². The van der Waals surface area contributed by atoms with E-state index in [4.69, 9.17) is 9.47 Å². The highest BCUT2D eigenvalue weighted by atomic mass is 19.1.